The molecule has 0 bridgehead atoms. The van der Waals surface area contributed by atoms with E-state index in [-0.39, 0.29) is 5.69 Å². The molecule has 1 fully saturated rings. The quantitative estimate of drug-likeness (QED) is 0.671. The molecule has 0 saturated carbocycles. The van der Waals surface area contributed by atoms with Crippen LogP contribution < -0.4 is 20.4 Å². The summed E-state index contributed by atoms with van der Waals surface area (Å²) in [6.45, 7) is 7.13. The van der Waals surface area contributed by atoms with Gasteiger partial charge in [-0.05, 0) is 26.3 Å². The van der Waals surface area contributed by atoms with Gasteiger partial charge < -0.3 is 15.5 Å². The molecule has 10 heteroatoms. The van der Waals surface area contributed by atoms with Crippen molar-refractivity contribution in [1.29, 1.82) is 0 Å². The number of urea groups is 1. The van der Waals surface area contributed by atoms with Crippen molar-refractivity contribution in [3.05, 3.63) is 41.7 Å². The van der Waals surface area contributed by atoms with Crippen molar-refractivity contribution in [3.63, 3.8) is 0 Å². The van der Waals surface area contributed by atoms with Crippen LogP contribution in [0.3, 0.4) is 0 Å². The van der Waals surface area contributed by atoms with Gasteiger partial charge >= 0.3 is 6.03 Å². The molecule has 0 spiro atoms. The molecule has 5 rings (SSSR count). The normalized spacial score (nSPS) is 18.7. The number of nitrogens with zero attached hydrogens (tertiary/aromatic N) is 6. The number of amides is 2. The Balaban J connectivity index is 1.40. The number of pyridine rings is 2. The molecule has 0 aromatic carbocycles. The number of anilines is 3. The lowest BCUT2D eigenvalue weighted by atomic mass is 10.1. The van der Waals surface area contributed by atoms with Crippen LogP contribution in [0.2, 0.25) is 0 Å². The monoisotopic (exact) mass is 410 g/mol. The summed E-state index contributed by atoms with van der Waals surface area (Å²) < 4.78 is 15.9. The zero-order valence-electron chi connectivity index (χ0n) is 16.9. The van der Waals surface area contributed by atoms with Crippen LogP contribution in [0.1, 0.15) is 18.3 Å². The number of halogens is 1. The third-order valence-electron chi connectivity index (χ3n) is 5.57. The zero-order valence-corrected chi connectivity index (χ0v) is 16.9. The van der Waals surface area contributed by atoms with E-state index in [1.807, 2.05) is 6.07 Å². The predicted molar refractivity (Wildman–Crippen MR) is 112 cm³/mol. The molecule has 2 aliphatic heterocycles. The molecule has 3 aromatic heterocycles. The van der Waals surface area contributed by atoms with Crippen molar-refractivity contribution < 1.29 is 9.18 Å². The van der Waals surface area contributed by atoms with Gasteiger partial charge in [0.05, 0.1) is 11.9 Å². The fourth-order valence-electron chi connectivity index (χ4n) is 4.21. The highest BCUT2D eigenvalue weighted by atomic mass is 19.1. The van der Waals surface area contributed by atoms with Gasteiger partial charge in [0, 0.05) is 55.7 Å². The fourth-order valence-corrected chi connectivity index (χ4v) is 4.21. The molecule has 30 heavy (non-hydrogen) atoms. The standard InChI is InChI=1S/C20H23FN8O/c1-12-10-27(8-6-22-12)17-3-5-23-19-14(17)4-7-28(19)20(30)25-16-11-29-18(9-15(16)21)24-13(2)26-29/h3,5,9,11-12,22H,4,6-8,10H2,1-2H3,(H,25,30)/t12-/m0/s1. The van der Waals surface area contributed by atoms with Gasteiger partial charge in [0.1, 0.15) is 11.6 Å². The van der Waals surface area contributed by atoms with Gasteiger partial charge in [0.2, 0.25) is 0 Å². The molecule has 0 aliphatic carbocycles. The maximum Gasteiger partial charge on any atom is 0.327 e. The SMILES string of the molecule is Cc1nc2cc(F)c(NC(=O)N3CCc4c(N5CCN[C@@H](C)C5)ccnc43)cn2n1. The number of carbonyl (C=O) groups is 1. The fraction of sp³-hybridized carbons (Fsp3) is 0.400. The second kappa shape index (κ2) is 7.21. The molecule has 156 valence electrons. The minimum absolute atomic E-state index is 0.0536. The summed E-state index contributed by atoms with van der Waals surface area (Å²) in [6, 6.07) is 3.26. The summed E-state index contributed by atoms with van der Waals surface area (Å²) in [5.74, 6) is 0.610. The largest absolute Gasteiger partial charge is 0.368 e. The number of fused-ring (bicyclic) bond motifs is 2. The zero-order chi connectivity index (χ0) is 20.8. The Labute approximate surface area is 172 Å². The Hall–Kier alpha value is -3.27. The lowest BCUT2D eigenvalue weighted by Gasteiger charge is -2.34. The number of carbonyl (C=O) groups excluding carboxylic acids is 1. The number of nitrogens with one attached hydrogen (secondary N) is 2. The van der Waals surface area contributed by atoms with Crippen LogP contribution in [0.25, 0.3) is 5.65 Å². The summed E-state index contributed by atoms with van der Waals surface area (Å²) in [7, 11) is 0. The molecule has 0 radical (unpaired) electrons. The van der Waals surface area contributed by atoms with Crippen LogP contribution in [0.15, 0.2) is 24.5 Å². The van der Waals surface area contributed by atoms with Crippen LogP contribution in [0.5, 0.6) is 0 Å². The van der Waals surface area contributed by atoms with Gasteiger partial charge in [0.25, 0.3) is 0 Å². The Morgan fingerprint density at radius 3 is 3.07 bits per heavy atom. The Morgan fingerprint density at radius 2 is 2.23 bits per heavy atom. The Morgan fingerprint density at radius 1 is 1.37 bits per heavy atom. The molecule has 2 amide bonds. The Bertz CT molecular complexity index is 1130. The van der Waals surface area contributed by atoms with Gasteiger partial charge in [0.15, 0.2) is 11.5 Å². The smallest absolute Gasteiger partial charge is 0.327 e. The van der Waals surface area contributed by atoms with Gasteiger partial charge in [-0.15, -0.1) is 0 Å². The van der Waals surface area contributed by atoms with Gasteiger partial charge in [-0.1, -0.05) is 0 Å². The van der Waals surface area contributed by atoms with Crippen molar-refractivity contribution >= 4 is 28.9 Å². The van der Waals surface area contributed by atoms with Crippen LogP contribution in [0, 0.1) is 12.7 Å². The predicted octanol–water partition coefficient (Wildman–Crippen LogP) is 1.96. The van der Waals surface area contributed by atoms with E-state index < -0.39 is 11.8 Å². The maximum absolute atomic E-state index is 14.5. The van der Waals surface area contributed by atoms with E-state index in [2.05, 4.69) is 37.5 Å². The van der Waals surface area contributed by atoms with Gasteiger partial charge in [-0.2, -0.15) is 5.10 Å². The van der Waals surface area contributed by atoms with Crippen molar-refractivity contribution in [2.45, 2.75) is 26.3 Å². The minimum Gasteiger partial charge on any atom is -0.368 e. The van der Waals surface area contributed by atoms with Crippen molar-refractivity contribution in [2.24, 2.45) is 0 Å². The Kier molecular flexibility index (Phi) is 4.50. The number of aromatic nitrogens is 4. The molecule has 0 unspecified atom stereocenters. The molecule has 1 atom stereocenters. The van der Waals surface area contributed by atoms with Crippen LogP contribution in [-0.4, -0.2) is 57.8 Å². The molecule has 2 aliphatic rings. The van der Waals surface area contributed by atoms with Crippen LogP contribution in [-0.2, 0) is 6.42 Å². The number of piperazine rings is 1. The van der Waals surface area contributed by atoms with E-state index in [1.54, 1.807) is 18.0 Å². The van der Waals surface area contributed by atoms with Crippen molar-refractivity contribution in [3.8, 4) is 0 Å². The van der Waals surface area contributed by atoms with Gasteiger partial charge in [-0.3, -0.25) is 4.90 Å². The molecule has 5 heterocycles. The molecule has 1 saturated heterocycles. The van der Waals surface area contributed by atoms with E-state index in [4.69, 9.17) is 0 Å². The summed E-state index contributed by atoms with van der Waals surface area (Å²) in [5.41, 5.74) is 2.63. The van der Waals surface area contributed by atoms with E-state index in [1.165, 1.54) is 16.8 Å². The number of aryl methyl sites for hydroxylation is 1. The second-order valence-corrected chi connectivity index (χ2v) is 7.76. The minimum atomic E-state index is -0.556. The average Bonchev–Trinajstić information content (AvgIpc) is 3.30. The third-order valence-corrected chi connectivity index (χ3v) is 5.57. The second-order valence-electron chi connectivity index (χ2n) is 7.76. The molecule has 9 nitrogen and oxygen atoms in total. The number of hydrogen-bond acceptors (Lipinski definition) is 6. The molecular formula is C20H23FN8O. The first-order valence-corrected chi connectivity index (χ1v) is 10.1. The first-order chi connectivity index (χ1) is 14.5. The van der Waals surface area contributed by atoms with Crippen LogP contribution in [0.4, 0.5) is 26.4 Å². The maximum atomic E-state index is 14.5. The highest BCUT2D eigenvalue weighted by Gasteiger charge is 2.31. The third kappa shape index (κ3) is 3.22. The summed E-state index contributed by atoms with van der Waals surface area (Å²) in [5, 5.41) is 10.3. The van der Waals surface area contributed by atoms with E-state index in [0.717, 1.165) is 30.9 Å². The number of rotatable bonds is 2. The van der Waals surface area contributed by atoms with Gasteiger partial charge in [-0.25, -0.2) is 23.7 Å². The van der Waals surface area contributed by atoms with E-state index in [0.29, 0.717) is 36.3 Å². The average molecular weight is 410 g/mol. The van der Waals surface area contributed by atoms with E-state index in [9.17, 15) is 9.18 Å². The lowest BCUT2D eigenvalue weighted by Crippen LogP contribution is -2.49. The number of hydrogen-bond donors (Lipinski definition) is 2. The lowest BCUT2D eigenvalue weighted by molar-refractivity contribution is 0.257. The first kappa shape index (κ1) is 18.7. The van der Waals surface area contributed by atoms with E-state index >= 15 is 0 Å². The summed E-state index contributed by atoms with van der Waals surface area (Å²) in [4.78, 5) is 25.4. The van der Waals surface area contributed by atoms with Crippen molar-refractivity contribution in [1.82, 2.24) is 24.9 Å². The molecule has 3 aromatic rings. The van der Waals surface area contributed by atoms with Crippen LogP contribution >= 0.6 is 0 Å². The summed E-state index contributed by atoms with van der Waals surface area (Å²) >= 11 is 0. The first-order valence-electron chi connectivity index (χ1n) is 10.1. The molecular weight excluding hydrogens is 387 g/mol. The highest BCUT2D eigenvalue weighted by molar-refractivity contribution is 6.03. The van der Waals surface area contributed by atoms with Crippen molar-refractivity contribution in [2.75, 3.05) is 41.3 Å². The topological polar surface area (TPSA) is 90.7 Å². The molecule has 2 N–H and O–H groups in total. The summed E-state index contributed by atoms with van der Waals surface area (Å²) in [6.07, 6.45) is 3.89. The highest BCUT2D eigenvalue weighted by Crippen LogP contribution is 2.34.